The Morgan fingerprint density at radius 3 is 2.22 bits per heavy atom. The second-order valence-electron chi connectivity index (χ2n) is 6.57. The van der Waals surface area contributed by atoms with Gasteiger partial charge in [-0.05, 0) is 63.9 Å². The molecule has 4 heteroatoms. The summed E-state index contributed by atoms with van der Waals surface area (Å²) in [7, 11) is 0. The van der Waals surface area contributed by atoms with Crippen molar-refractivity contribution in [2.45, 2.75) is 59.4 Å². The molecule has 2 atom stereocenters. The molecule has 23 heavy (non-hydrogen) atoms. The lowest BCUT2D eigenvalue weighted by Crippen LogP contribution is -2.31. The highest BCUT2D eigenvalue weighted by molar-refractivity contribution is 5.29. The van der Waals surface area contributed by atoms with E-state index in [1.807, 2.05) is 6.92 Å². The van der Waals surface area contributed by atoms with Crippen molar-refractivity contribution in [3.63, 3.8) is 0 Å². The molecule has 0 radical (unpaired) electrons. The van der Waals surface area contributed by atoms with E-state index < -0.39 is 6.10 Å². The van der Waals surface area contributed by atoms with Gasteiger partial charge in [0.2, 0.25) is 0 Å². The fourth-order valence-electron chi connectivity index (χ4n) is 3.16. The summed E-state index contributed by atoms with van der Waals surface area (Å²) < 4.78 is 2.33. The van der Waals surface area contributed by atoms with Gasteiger partial charge in [-0.1, -0.05) is 12.1 Å². The lowest BCUT2D eigenvalue weighted by atomic mass is 10.0. The molecule has 126 valence electrons. The molecule has 0 saturated carbocycles. The molecule has 0 saturated heterocycles. The van der Waals surface area contributed by atoms with Crippen molar-refractivity contribution in [2.24, 2.45) is 0 Å². The van der Waals surface area contributed by atoms with Crippen LogP contribution in [0.2, 0.25) is 0 Å². The second-order valence-corrected chi connectivity index (χ2v) is 6.57. The molecule has 0 aliphatic carbocycles. The number of aliphatic hydroxyl groups excluding tert-OH is 1. The number of hydrogen-bond donors (Lipinski definition) is 3. The van der Waals surface area contributed by atoms with Crippen molar-refractivity contribution in [1.29, 1.82) is 0 Å². The van der Waals surface area contributed by atoms with Crippen molar-refractivity contribution in [1.82, 2.24) is 9.88 Å². The number of aryl methyl sites for hydroxylation is 1. The second kappa shape index (κ2) is 7.20. The van der Waals surface area contributed by atoms with Gasteiger partial charge in [0.15, 0.2) is 0 Å². The number of hydrogen-bond acceptors (Lipinski definition) is 3. The van der Waals surface area contributed by atoms with Crippen molar-refractivity contribution in [3.8, 4) is 5.75 Å². The third-order valence-corrected chi connectivity index (χ3v) is 4.43. The van der Waals surface area contributed by atoms with E-state index >= 15 is 0 Å². The Kier molecular flexibility index (Phi) is 5.50. The molecule has 2 aromatic rings. The highest BCUT2D eigenvalue weighted by atomic mass is 16.3. The van der Waals surface area contributed by atoms with Gasteiger partial charge in [-0.15, -0.1) is 0 Å². The van der Waals surface area contributed by atoms with Crippen LogP contribution in [0.5, 0.6) is 5.75 Å². The maximum absolute atomic E-state index is 10.4. The minimum atomic E-state index is -0.607. The summed E-state index contributed by atoms with van der Waals surface area (Å²) in [5.41, 5.74) is 4.61. The number of nitrogens with one attached hydrogen (secondary N) is 1. The molecule has 1 aromatic heterocycles. The van der Waals surface area contributed by atoms with Crippen LogP contribution in [-0.2, 0) is 6.54 Å². The van der Waals surface area contributed by atoms with Gasteiger partial charge in [0.05, 0.1) is 6.10 Å². The zero-order valence-corrected chi connectivity index (χ0v) is 14.7. The third kappa shape index (κ3) is 3.95. The molecule has 0 bridgehead atoms. The predicted molar refractivity (Wildman–Crippen MR) is 93.7 cm³/mol. The van der Waals surface area contributed by atoms with Gasteiger partial charge in [-0.2, -0.15) is 0 Å². The molecule has 3 N–H and O–H groups in total. The molecule has 0 spiro atoms. The Bertz CT molecular complexity index is 644. The fourth-order valence-corrected chi connectivity index (χ4v) is 3.16. The normalized spacial score (nSPS) is 14.2. The molecule has 0 aliphatic heterocycles. The van der Waals surface area contributed by atoms with Crippen LogP contribution in [-0.4, -0.2) is 20.8 Å². The van der Waals surface area contributed by atoms with E-state index in [2.05, 4.69) is 43.6 Å². The highest BCUT2D eigenvalue weighted by Gasteiger charge is 2.17. The summed E-state index contributed by atoms with van der Waals surface area (Å²) in [6, 6.07) is 9.28. The lowest BCUT2D eigenvalue weighted by Gasteiger charge is -2.21. The van der Waals surface area contributed by atoms with E-state index in [1.165, 1.54) is 17.0 Å². The predicted octanol–water partition coefficient (Wildman–Crippen LogP) is 3.60. The number of phenolic OH excluding ortho intramolecular Hbond substituents is 1. The van der Waals surface area contributed by atoms with Gasteiger partial charge in [0.25, 0.3) is 0 Å². The van der Waals surface area contributed by atoms with Crippen molar-refractivity contribution in [2.75, 3.05) is 0 Å². The van der Waals surface area contributed by atoms with Crippen LogP contribution in [0.1, 0.15) is 55.4 Å². The summed E-state index contributed by atoms with van der Waals surface area (Å²) in [5, 5.41) is 23.2. The van der Waals surface area contributed by atoms with E-state index in [1.54, 1.807) is 24.3 Å². The van der Waals surface area contributed by atoms with Gasteiger partial charge < -0.3 is 20.1 Å². The summed E-state index contributed by atoms with van der Waals surface area (Å²) in [6.07, 6.45) is -0.607. The Labute approximate surface area is 138 Å². The lowest BCUT2D eigenvalue weighted by molar-refractivity contribution is 0.135. The molecule has 4 nitrogen and oxygen atoms in total. The van der Waals surface area contributed by atoms with Crippen molar-refractivity contribution in [3.05, 3.63) is 52.8 Å². The molecule has 2 rings (SSSR count). The molecule has 0 fully saturated rings. The number of nitrogens with zero attached hydrogens (tertiary/aromatic N) is 1. The first-order chi connectivity index (χ1) is 10.8. The topological polar surface area (TPSA) is 57.4 Å². The maximum atomic E-state index is 10.4. The number of aliphatic hydroxyl groups is 1. The summed E-state index contributed by atoms with van der Waals surface area (Å²) in [6.45, 7) is 11.3. The zero-order valence-electron chi connectivity index (χ0n) is 14.7. The van der Waals surface area contributed by atoms with Gasteiger partial charge in [-0.25, -0.2) is 0 Å². The average Bonchev–Trinajstić information content (AvgIpc) is 2.79. The maximum Gasteiger partial charge on any atom is 0.115 e. The summed E-state index contributed by atoms with van der Waals surface area (Å²) in [4.78, 5) is 0. The monoisotopic (exact) mass is 316 g/mol. The minimum Gasteiger partial charge on any atom is -0.508 e. The third-order valence-electron chi connectivity index (χ3n) is 4.43. The summed E-state index contributed by atoms with van der Waals surface area (Å²) in [5.74, 6) is 0.211. The Hall–Kier alpha value is -1.78. The van der Waals surface area contributed by atoms with Crippen LogP contribution in [0, 0.1) is 13.8 Å². The first-order valence-electron chi connectivity index (χ1n) is 8.19. The van der Waals surface area contributed by atoms with E-state index in [-0.39, 0.29) is 11.8 Å². The number of aromatic hydroxyl groups is 1. The van der Waals surface area contributed by atoms with Crippen LogP contribution in [0.4, 0.5) is 0 Å². The quantitative estimate of drug-likeness (QED) is 0.763. The minimum absolute atomic E-state index is 0.0818. The number of benzene rings is 1. The van der Waals surface area contributed by atoms with Gasteiger partial charge in [0.1, 0.15) is 5.75 Å². The van der Waals surface area contributed by atoms with Crippen molar-refractivity contribution >= 4 is 0 Å². The van der Waals surface area contributed by atoms with Crippen molar-refractivity contribution < 1.29 is 10.2 Å². The Morgan fingerprint density at radius 1 is 1.09 bits per heavy atom. The van der Waals surface area contributed by atoms with Crippen LogP contribution >= 0.6 is 0 Å². The molecule has 0 amide bonds. The van der Waals surface area contributed by atoms with E-state index in [0.717, 1.165) is 12.1 Å². The zero-order chi connectivity index (χ0) is 17.1. The van der Waals surface area contributed by atoms with E-state index in [9.17, 15) is 10.2 Å². The largest absolute Gasteiger partial charge is 0.508 e. The smallest absolute Gasteiger partial charge is 0.115 e. The van der Waals surface area contributed by atoms with Crippen LogP contribution in [0.15, 0.2) is 30.3 Å². The molecular weight excluding hydrogens is 288 g/mol. The Balaban J connectivity index is 2.03. The average molecular weight is 316 g/mol. The molecule has 1 aromatic carbocycles. The molecular formula is C19H28N2O2. The number of aromatic nitrogens is 1. The SMILES string of the molecule is Cc1cc(CN[C@H](C)[C@H](O)c2ccc(O)cc2)c(C)n1C(C)C. The van der Waals surface area contributed by atoms with Crippen LogP contribution < -0.4 is 5.32 Å². The molecule has 0 unspecified atom stereocenters. The molecule has 1 heterocycles. The first kappa shape index (κ1) is 17.6. The molecule has 0 aliphatic rings. The Morgan fingerprint density at radius 2 is 1.70 bits per heavy atom. The standard InChI is InChI=1S/C19H28N2O2/c1-12(2)21-13(3)10-17(15(21)5)11-20-14(4)19(23)16-6-8-18(22)9-7-16/h6-10,12,14,19-20,22-23H,11H2,1-5H3/t14-,19+/m1/s1. The first-order valence-corrected chi connectivity index (χ1v) is 8.19. The van der Waals surface area contributed by atoms with Gasteiger partial charge >= 0.3 is 0 Å². The number of phenols is 1. The summed E-state index contributed by atoms with van der Waals surface area (Å²) >= 11 is 0. The van der Waals surface area contributed by atoms with E-state index in [4.69, 9.17) is 0 Å². The highest BCUT2D eigenvalue weighted by Crippen LogP contribution is 2.22. The van der Waals surface area contributed by atoms with Crippen LogP contribution in [0.3, 0.4) is 0 Å². The van der Waals surface area contributed by atoms with E-state index in [0.29, 0.717) is 6.04 Å². The van der Waals surface area contributed by atoms with Gasteiger partial charge in [-0.3, -0.25) is 0 Å². The fraction of sp³-hybridized carbons (Fsp3) is 0.474. The number of rotatable bonds is 6. The van der Waals surface area contributed by atoms with Gasteiger partial charge in [0, 0.05) is 30.0 Å². The van der Waals surface area contributed by atoms with Crippen LogP contribution in [0.25, 0.3) is 0 Å².